The normalized spacial score (nSPS) is 10.7. The minimum atomic E-state index is -1.00. The highest BCUT2D eigenvalue weighted by molar-refractivity contribution is 6.28. The Morgan fingerprint density at radius 3 is 2.70 bits per heavy atom. The van der Waals surface area contributed by atoms with Gasteiger partial charge in [-0.3, -0.25) is 0 Å². The molecule has 3 aromatic rings. The van der Waals surface area contributed by atoms with E-state index in [1.165, 1.54) is 30.6 Å². The number of carboxylic acid groups (broad SMARTS) is 1. The van der Waals surface area contributed by atoms with Gasteiger partial charge in [0.1, 0.15) is 11.3 Å². The van der Waals surface area contributed by atoms with Crippen LogP contribution in [0.1, 0.15) is 10.4 Å². The van der Waals surface area contributed by atoms with Crippen LogP contribution >= 0.6 is 11.6 Å². The fraction of sp³-hybridized carbons (Fsp3) is 0. The highest BCUT2D eigenvalue weighted by atomic mass is 35.5. The number of nitrogens with zero attached hydrogens (tertiary/aromatic N) is 3. The van der Waals surface area contributed by atoms with Crippen LogP contribution in [-0.4, -0.2) is 31.0 Å². The molecule has 0 fully saturated rings. The molecular weight excluding hydrogens is 284 g/mol. The zero-order valence-electron chi connectivity index (χ0n) is 9.87. The summed E-state index contributed by atoms with van der Waals surface area (Å²) < 4.78 is 5.57. The van der Waals surface area contributed by atoms with Crippen LogP contribution in [-0.2, 0) is 0 Å². The Balaban J connectivity index is 1.96. The van der Waals surface area contributed by atoms with E-state index in [0.29, 0.717) is 16.9 Å². The Morgan fingerprint density at radius 1 is 1.25 bits per heavy atom. The lowest BCUT2D eigenvalue weighted by atomic mass is 10.2. The Hall–Kier alpha value is -2.67. The van der Waals surface area contributed by atoms with Crippen molar-refractivity contribution in [3.63, 3.8) is 0 Å². The monoisotopic (exact) mass is 290 g/mol. The Bertz CT molecular complexity index is 785. The number of halogens is 1. The molecule has 7 nitrogen and oxygen atoms in total. The number of aromatic amines is 1. The van der Waals surface area contributed by atoms with Crippen molar-refractivity contribution in [2.45, 2.75) is 0 Å². The summed E-state index contributed by atoms with van der Waals surface area (Å²) in [6.45, 7) is 0. The van der Waals surface area contributed by atoms with Gasteiger partial charge in [0.05, 0.1) is 11.9 Å². The first kappa shape index (κ1) is 12.4. The molecule has 2 aromatic heterocycles. The molecule has 0 amide bonds. The fourth-order valence-electron chi connectivity index (χ4n) is 1.63. The zero-order chi connectivity index (χ0) is 14.1. The number of hydrogen-bond donors (Lipinski definition) is 2. The molecule has 0 aliphatic carbocycles. The summed E-state index contributed by atoms with van der Waals surface area (Å²) in [5, 5.41) is 8.84. The number of rotatable bonds is 3. The molecule has 8 heteroatoms. The highest BCUT2D eigenvalue weighted by Crippen LogP contribution is 2.26. The second kappa shape index (κ2) is 4.78. The number of aromatic nitrogens is 4. The number of ether oxygens (including phenoxy) is 1. The van der Waals surface area contributed by atoms with E-state index >= 15 is 0 Å². The van der Waals surface area contributed by atoms with Crippen molar-refractivity contribution >= 4 is 28.7 Å². The molecule has 0 radical (unpaired) electrons. The number of hydrogen-bond acceptors (Lipinski definition) is 5. The van der Waals surface area contributed by atoms with Crippen molar-refractivity contribution in [3.05, 3.63) is 41.4 Å². The fourth-order valence-corrected chi connectivity index (χ4v) is 1.79. The number of aromatic carboxylic acids is 1. The maximum absolute atomic E-state index is 10.8. The minimum absolute atomic E-state index is 0.0155. The van der Waals surface area contributed by atoms with Crippen LogP contribution in [0.15, 0.2) is 30.6 Å². The lowest BCUT2D eigenvalue weighted by molar-refractivity contribution is 0.0697. The molecule has 0 aliphatic heterocycles. The molecule has 2 N–H and O–H groups in total. The van der Waals surface area contributed by atoms with Crippen molar-refractivity contribution in [1.82, 2.24) is 19.9 Å². The third-order valence-electron chi connectivity index (χ3n) is 2.54. The molecule has 100 valence electrons. The number of fused-ring (bicyclic) bond motifs is 1. The van der Waals surface area contributed by atoms with E-state index in [2.05, 4.69) is 19.9 Å². The summed E-state index contributed by atoms with van der Waals surface area (Å²) in [4.78, 5) is 25.5. The van der Waals surface area contributed by atoms with Gasteiger partial charge in [-0.25, -0.2) is 9.78 Å². The minimum Gasteiger partial charge on any atom is -0.478 e. The number of imidazole rings is 1. The standard InChI is InChI=1S/C12H7ClN4O3/c13-12-16-9-8(14-5-15-9)10(17-12)20-7-3-1-6(2-4-7)11(18)19/h1-5H,(H,18,19)(H,14,15,16,17). The van der Waals surface area contributed by atoms with Crippen molar-refractivity contribution in [2.24, 2.45) is 0 Å². The Morgan fingerprint density at radius 2 is 2.00 bits per heavy atom. The maximum atomic E-state index is 10.8. The first-order valence-corrected chi connectivity index (χ1v) is 5.89. The molecular formula is C12H7ClN4O3. The van der Waals surface area contributed by atoms with Crippen molar-refractivity contribution in [1.29, 1.82) is 0 Å². The van der Waals surface area contributed by atoms with Gasteiger partial charge in [-0.2, -0.15) is 9.97 Å². The molecule has 2 heterocycles. The van der Waals surface area contributed by atoms with Gasteiger partial charge in [0.2, 0.25) is 11.2 Å². The number of carbonyl (C=O) groups is 1. The molecule has 1 aromatic carbocycles. The van der Waals surface area contributed by atoms with Crippen LogP contribution in [0.3, 0.4) is 0 Å². The van der Waals surface area contributed by atoms with Crippen molar-refractivity contribution < 1.29 is 14.6 Å². The van der Waals surface area contributed by atoms with Gasteiger partial charge >= 0.3 is 5.97 Å². The van der Waals surface area contributed by atoms with E-state index in [-0.39, 0.29) is 16.7 Å². The topological polar surface area (TPSA) is 101 Å². The van der Waals surface area contributed by atoms with Crippen LogP contribution in [0.5, 0.6) is 11.6 Å². The van der Waals surface area contributed by atoms with Crippen LogP contribution < -0.4 is 4.74 Å². The number of carboxylic acids is 1. The quantitative estimate of drug-likeness (QED) is 0.719. The zero-order valence-corrected chi connectivity index (χ0v) is 10.6. The van der Waals surface area contributed by atoms with Crippen molar-refractivity contribution in [2.75, 3.05) is 0 Å². The van der Waals surface area contributed by atoms with Crippen LogP contribution in [0.2, 0.25) is 5.28 Å². The van der Waals surface area contributed by atoms with Crippen molar-refractivity contribution in [3.8, 4) is 11.6 Å². The van der Waals surface area contributed by atoms with Gasteiger partial charge in [0.25, 0.3) is 0 Å². The molecule has 0 atom stereocenters. The molecule has 20 heavy (non-hydrogen) atoms. The van der Waals surface area contributed by atoms with Gasteiger partial charge in [-0.15, -0.1) is 0 Å². The predicted octanol–water partition coefficient (Wildman–Crippen LogP) is 2.50. The SMILES string of the molecule is O=C(O)c1ccc(Oc2nc(Cl)nc3nc[nH]c23)cc1. The second-order valence-corrected chi connectivity index (χ2v) is 4.17. The number of benzene rings is 1. The lowest BCUT2D eigenvalue weighted by Crippen LogP contribution is -1.96. The first-order chi connectivity index (χ1) is 9.63. The highest BCUT2D eigenvalue weighted by Gasteiger charge is 2.11. The predicted molar refractivity (Wildman–Crippen MR) is 70.2 cm³/mol. The molecule has 0 bridgehead atoms. The summed E-state index contributed by atoms with van der Waals surface area (Å²) >= 11 is 5.78. The Kier molecular flexibility index (Phi) is 2.96. The lowest BCUT2D eigenvalue weighted by Gasteiger charge is -2.05. The van der Waals surface area contributed by atoms with Crippen LogP contribution in [0.25, 0.3) is 11.2 Å². The average molecular weight is 291 g/mol. The van der Waals surface area contributed by atoms with Crippen LogP contribution in [0.4, 0.5) is 0 Å². The molecule has 0 aliphatic rings. The molecule has 0 unspecified atom stereocenters. The molecule has 3 rings (SSSR count). The third-order valence-corrected chi connectivity index (χ3v) is 2.71. The van der Waals surface area contributed by atoms with Gasteiger partial charge < -0.3 is 14.8 Å². The van der Waals surface area contributed by atoms with E-state index in [1.807, 2.05) is 0 Å². The van der Waals surface area contributed by atoms with E-state index in [9.17, 15) is 4.79 Å². The van der Waals surface area contributed by atoms with Crippen LogP contribution in [0, 0.1) is 0 Å². The van der Waals surface area contributed by atoms with Gasteiger partial charge in [0.15, 0.2) is 5.65 Å². The largest absolute Gasteiger partial charge is 0.478 e. The summed E-state index contributed by atoms with van der Waals surface area (Å²) in [5.74, 6) is -0.348. The molecule has 0 saturated heterocycles. The number of H-pyrrole nitrogens is 1. The summed E-state index contributed by atoms with van der Waals surface area (Å²) in [6, 6.07) is 5.93. The van der Waals surface area contributed by atoms with Gasteiger partial charge in [0, 0.05) is 0 Å². The van der Waals surface area contributed by atoms with E-state index in [4.69, 9.17) is 21.4 Å². The smallest absolute Gasteiger partial charge is 0.335 e. The summed E-state index contributed by atoms with van der Waals surface area (Å²) in [5.41, 5.74) is 1.07. The third kappa shape index (κ3) is 2.26. The van der Waals surface area contributed by atoms with E-state index in [1.54, 1.807) is 0 Å². The van der Waals surface area contributed by atoms with Gasteiger partial charge in [-0.05, 0) is 35.9 Å². The first-order valence-electron chi connectivity index (χ1n) is 5.51. The van der Waals surface area contributed by atoms with E-state index in [0.717, 1.165) is 0 Å². The molecule has 0 saturated carbocycles. The summed E-state index contributed by atoms with van der Waals surface area (Å²) in [7, 11) is 0. The number of nitrogens with one attached hydrogen (secondary N) is 1. The Labute approximate surface area is 117 Å². The second-order valence-electron chi connectivity index (χ2n) is 3.83. The summed E-state index contributed by atoms with van der Waals surface area (Å²) in [6.07, 6.45) is 1.45. The van der Waals surface area contributed by atoms with Gasteiger partial charge in [-0.1, -0.05) is 0 Å². The van der Waals surface area contributed by atoms with E-state index < -0.39 is 5.97 Å². The average Bonchev–Trinajstić information content (AvgIpc) is 2.87. The molecule has 0 spiro atoms. The maximum Gasteiger partial charge on any atom is 0.335 e.